The van der Waals surface area contributed by atoms with Gasteiger partial charge in [-0.25, -0.2) is 0 Å². The van der Waals surface area contributed by atoms with Gasteiger partial charge in [-0.2, -0.15) is 0 Å². The molecule has 0 spiro atoms. The predicted octanol–water partition coefficient (Wildman–Crippen LogP) is 3.58. The molecule has 5 nitrogen and oxygen atoms in total. The van der Waals surface area contributed by atoms with Crippen LogP contribution in [0.15, 0.2) is 24.3 Å². The van der Waals surface area contributed by atoms with Crippen molar-refractivity contribution in [3.63, 3.8) is 0 Å². The molecule has 0 radical (unpaired) electrons. The Labute approximate surface area is 131 Å². The Hall–Kier alpha value is -1.46. The van der Waals surface area contributed by atoms with Crippen molar-refractivity contribution in [3.8, 4) is 0 Å². The third kappa shape index (κ3) is 4.78. The summed E-state index contributed by atoms with van der Waals surface area (Å²) in [7, 11) is 0. The van der Waals surface area contributed by atoms with Gasteiger partial charge >= 0.3 is 0 Å². The van der Waals surface area contributed by atoms with E-state index < -0.39 is 0 Å². The van der Waals surface area contributed by atoms with Crippen LogP contribution in [0.4, 0.5) is 5.69 Å². The summed E-state index contributed by atoms with van der Waals surface area (Å²) in [5.74, 6) is 0.502. The van der Waals surface area contributed by atoms with Crippen molar-refractivity contribution in [1.29, 1.82) is 0 Å². The van der Waals surface area contributed by atoms with Crippen molar-refractivity contribution in [3.05, 3.63) is 39.9 Å². The second-order valence-corrected chi connectivity index (χ2v) is 6.29. The Morgan fingerprint density at radius 2 is 2.27 bits per heavy atom. The molecule has 1 aliphatic rings. The van der Waals surface area contributed by atoms with Gasteiger partial charge in [0.2, 0.25) is 0 Å². The second kappa shape index (κ2) is 8.25. The first-order valence-electron chi connectivity index (χ1n) is 8.26. The molecule has 1 aromatic carbocycles. The highest BCUT2D eigenvalue weighted by molar-refractivity contribution is 5.35. The van der Waals surface area contributed by atoms with Crippen LogP contribution in [-0.2, 0) is 0 Å². The number of nitro benzene ring substituents is 1. The molecule has 3 unspecified atom stereocenters. The standard InChI is InChI=1S/C17H26N2O3/c1-2-5-17(14-7-4-8-15(11-14)19(21)22)18-12-13-6-3-9-16(20)10-13/h4,7-8,11,13,16-18,20H,2-3,5-6,9-10,12H2,1H3. The molecule has 1 fully saturated rings. The number of benzene rings is 1. The number of aliphatic hydroxyl groups excluding tert-OH is 1. The SMILES string of the molecule is CCCC(NCC1CCCC(O)C1)c1cccc([N+](=O)[O-])c1. The molecule has 1 aromatic rings. The lowest BCUT2D eigenvalue weighted by Crippen LogP contribution is -2.31. The highest BCUT2D eigenvalue weighted by Crippen LogP contribution is 2.26. The summed E-state index contributed by atoms with van der Waals surface area (Å²) in [4.78, 5) is 10.6. The molecule has 0 saturated heterocycles. The second-order valence-electron chi connectivity index (χ2n) is 6.29. The van der Waals surface area contributed by atoms with Gasteiger partial charge in [0.25, 0.3) is 5.69 Å². The Bertz CT molecular complexity index is 493. The molecule has 22 heavy (non-hydrogen) atoms. The largest absolute Gasteiger partial charge is 0.393 e. The number of nitrogens with one attached hydrogen (secondary N) is 1. The summed E-state index contributed by atoms with van der Waals surface area (Å²) >= 11 is 0. The average Bonchev–Trinajstić information content (AvgIpc) is 2.51. The van der Waals surface area contributed by atoms with Gasteiger partial charge in [0, 0.05) is 18.2 Å². The van der Waals surface area contributed by atoms with E-state index in [-0.39, 0.29) is 22.8 Å². The minimum absolute atomic E-state index is 0.143. The van der Waals surface area contributed by atoms with Crippen molar-refractivity contribution in [2.24, 2.45) is 5.92 Å². The number of aliphatic hydroxyl groups is 1. The number of hydrogen-bond donors (Lipinski definition) is 2. The lowest BCUT2D eigenvalue weighted by atomic mass is 9.87. The van der Waals surface area contributed by atoms with Gasteiger partial charge in [0.15, 0.2) is 0 Å². The maximum absolute atomic E-state index is 10.9. The zero-order valence-electron chi connectivity index (χ0n) is 13.2. The van der Waals surface area contributed by atoms with Crippen LogP contribution in [-0.4, -0.2) is 22.7 Å². The molecule has 2 rings (SSSR count). The van der Waals surface area contributed by atoms with Crippen molar-refractivity contribution < 1.29 is 10.0 Å². The van der Waals surface area contributed by atoms with Crippen LogP contribution in [0.25, 0.3) is 0 Å². The van der Waals surface area contributed by atoms with Crippen LogP contribution in [0.5, 0.6) is 0 Å². The van der Waals surface area contributed by atoms with Crippen LogP contribution in [0, 0.1) is 16.0 Å². The topological polar surface area (TPSA) is 75.4 Å². The first-order chi connectivity index (χ1) is 10.6. The fraction of sp³-hybridized carbons (Fsp3) is 0.647. The number of nitro groups is 1. The minimum atomic E-state index is -0.343. The molecule has 0 aromatic heterocycles. The summed E-state index contributed by atoms with van der Waals surface area (Å²) in [5, 5.41) is 24.3. The Kier molecular flexibility index (Phi) is 6.34. The van der Waals surface area contributed by atoms with Gasteiger partial charge in [-0.1, -0.05) is 31.9 Å². The van der Waals surface area contributed by atoms with E-state index in [2.05, 4.69) is 12.2 Å². The summed E-state index contributed by atoms with van der Waals surface area (Å²) in [6.45, 7) is 2.99. The maximum Gasteiger partial charge on any atom is 0.269 e. The van der Waals surface area contributed by atoms with E-state index in [4.69, 9.17) is 0 Å². The van der Waals surface area contributed by atoms with Gasteiger partial charge in [-0.3, -0.25) is 10.1 Å². The van der Waals surface area contributed by atoms with Crippen molar-refractivity contribution in [2.75, 3.05) is 6.54 Å². The minimum Gasteiger partial charge on any atom is -0.393 e. The Balaban J connectivity index is 1.99. The first-order valence-corrected chi connectivity index (χ1v) is 8.26. The van der Waals surface area contributed by atoms with Crippen molar-refractivity contribution in [1.82, 2.24) is 5.32 Å². The molecule has 3 atom stereocenters. The highest BCUT2D eigenvalue weighted by Gasteiger charge is 2.21. The number of rotatable bonds is 7. The molecule has 122 valence electrons. The van der Waals surface area contributed by atoms with Gasteiger partial charge in [-0.15, -0.1) is 0 Å². The van der Waals surface area contributed by atoms with E-state index in [1.165, 1.54) is 6.07 Å². The summed E-state index contributed by atoms with van der Waals surface area (Å²) in [5.41, 5.74) is 1.13. The van der Waals surface area contributed by atoms with E-state index in [9.17, 15) is 15.2 Å². The molecule has 0 aliphatic heterocycles. The fourth-order valence-corrected chi connectivity index (χ4v) is 3.29. The molecule has 2 N–H and O–H groups in total. The summed E-state index contributed by atoms with van der Waals surface area (Å²) in [6, 6.07) is 7.05. The summed E-state index contributed by atoms with van der Waals surface area (Å²) in [6.07, 6.45) is 5.83. The van der Waals surface area contributed by atoms with Gasteiger partial charge in [0.1, 0.15) is 0 Å². The van der Waals surface area contributed by atoms with Crippen LogP contribution in [0.3, 0.4) is 0 Å². The zero-order valence-corrected chi connectivity index (χ0v) is 13.2. The molecular formula is C17H26N2O3. The van der Waals surface area contributed by atoms with Crippen LogP contribution >= 0.6 is 0 Å². The van der Waals surface area contributed by atoms with Gasteiger partial charge in [-0.05, 0) is 43.7 Å². The predicted molar refractivity (Wildman–Crippen MR) is 86.7 cm³/mol. The average molecular weight is 306 g/mol. The molecular weight excluding hydrogens is 280 g/mol. The molecule has 0 amide bonds. The Morgan fingerprint density at radius 3 is 2.95 bits per heavy atom. The van der Waals surface area contributed by atoms with Crippen LogP contribution in [0.2, 0.25) is 0 Å². The highest BCUT2D eigenvalue weighted by atomic mass is 16.6. The van der Waals surface area contributed by atoms with Crippen LogP contribution < -0.4 is 5.32 Å². The zero-order chi connectivity index (χ0) is 15.9. The van der Waals surface area contributed by atoms with Crippen molar-refractivity contribution >= 4 is 5.69 Å². The molecule has 1 aliphatic carbocycles. The lowest BCUT2D eigenvalue weighted by molar-refractivity contribution is -0.384. The third-order valence-corrected chi connectivity index (χ3v) is 4.47. The third-order valence-electron chi connectivity index (χ3n) is 4.47. The number of hydrogen-bond acceptors (Lipinski definition) is 4. The van der Waals surface area contributed by atoms with E-state index in [0.29, 0.717) is 5.92 Å². The molecule has 0 bridgehead atoms. The van der Waals surface area contributed by atoms with E-state index in [1.54, 1.807) is 12.1 Å². The summed E-state index contributed by atoms with van der Waals surface area (Å²) < 4.78 is 0. The number of non-ortho nitro benzene ring substituents is 1. The van der Waals surface area contributed by atoms with E-state index >= 15 is 0 Å². The van der Waals surface area contributed by atoms with Gasteiger partial charge in [0.05, 0.1) is 11.0 Å². The molecule has 0 heterocycles. The van der Waals surface area contributed by atoms with Gasteiger partial charge < -0.3 is 10.4 Å². The van der Waals surface area contributed by atoms with Crippen molar-refractivity contribution in [2.45, 2.75) is 57.6 Å². The Morgan fingerprint density at radius 1 is 1.45 bits per heavy atom. The molecule has 1 saturated carbocycles. The fourth-order valence-electron chi connectivity index (χ4n) is 3.29. The maximum atomic E-state index is 10.9. The first kappa shape index (κ1) is 16.9. The van der Waals surface area contributed by atoms with E-state index in [1.807, 2.05) is 6.07 Å². The van der Waals surface area contributed by atoms with Crippen LogP contribution in [0.1, 0.15) is 57.1 Å². The smallest absolute Gasteiger partial charge is 0.269 e. The quantitative estimate of drug-likeness (QED) is 0.596. The van der Waals surface area contributed by atoms with E-state index in [0.717, 1.165) is 50.6 Å². The monoisotopic (exact) mass is 306 g/mol. The lowest BCUT2D eigenvalue weighted by Gasteiger charge is -2.28. The normalized spacial score (nSPS) is 23.2. The number of nitrogens with zero attached hydrogens (tertiary/aromatic N) is 1. The molecule has 5 heteroatoms.